The minimum atomic E-state index is -0.426. The Morgan fingerprint density at radius 2 is 2.06 bits per heavy atom. The van der Waals surface area contributed by atoms with Gasteiger partial charge >= 0.3 is 0 Å². The lowest BCUT2D eigenvalue weighted by atomic mass is 10.3. The molecule has 1 rings (SSSR count). The van der Waals surface area contributed by atoms with Gasteiger partial charge in [0.15, 0.2) is 11.6 Å². The molecule has 0 bridgehead atoms. The van der Waals surface area contributed by atoms with Crippen molar-refractivity contribution in [3.05, 3.63) is 18.3 Å². The van der Waals surface area contributed by atoms with Gasteiger partial charge in [-0.15, -0.1) is 0 Å². The Kier molecular flexibility index (Phi) is 5.01. The van der Waals surface area contributed by atoms with Crippen LogP contribution in [0.3, 0.4) is 0 Å². The second-order valence-corrected chi connectivity index (χ2v) is 3.72. The summed E-state index contributed by atoms with van der Waals surface area (Å²) in [6.45, 7) is 3.53. The zero-order valence-electron chi connectivity index (χ0n) is 9.55. The van der Waals surface area contributed by atoms with Gasteiger partial charge in [0, 0.05) is 6.20 Å². The molecule has 0 atom stereocenters. The molecule has 5 heteroatoms. The maximum absolute atomic E-state index is 8.97. The Morgan fingerprint density at radius 3 is 2.62 bits per heavy atom. The van der Waals surface area contributed by atoms with E-state index < -0.39 is 6.04 Å². The van der Waals surface area contributed by atoms with E-state index in [0.29, 0.717) is 11.6 Å². The normalized spacial score (nSPS) is 10.9. The van der Waals surface area contributed by atoms with E-state index in [9.17, 15) is 0 Å². The van der Waals surface area contributed by atoms with E-state index in [2.05, 4.69) is 10.3 Å². The van der Waals surface area contributed by atoms with Crippen LogP contribution < -0.4 is 10.1 Å². The van der Waals surface area contributed by atoms with Crippen LogP contribution in [0.5, 0.6) is 5.75 Å². The summed E-state index contributed by atoms with van der Waals surface area (Å²) in [6, 6.07) is 3.14. The number of aliphatic hydroxyl groups excluding tert-OH is 2. The van der Waals surface area contributed by atoms with Gasteiger partial charge < -0.3 is 20.3 Å². The topological polar surface area (TPSA) is 74.6 Å². The van der Waals surface area contributed by atoms with Crippen LogP contribution in [0.1, 0.15) is 13.8 Å². The molecule has 0 unspecified atom stereocenters. The van der Waals surface area contributed by atoms with E-state index in [0.717, 1.165) is 0 Å². The maximum Gasteiger partial charge on any atom is 0.169 e. The van der Waals surface area contributed by atoms with Crippen molar-refractivity contribution in [3.8, 4) is 5.75 Å². The van der Waals surface area contributed by atoms with Gasteiger partial charge in [-0.3, -0.25) is 0 Å². The Hall–Kier alpha value is -1.33. The highest BCUT2D eigenvalue weighted by Gasteiger charge is 2.11. The largest absolute Gasteiger partial charge is 0.487 e. The van der Waals surface area contributed by atoms with E-state index >= 15 is 0 Å². The maximum atomic E-state index is 8.97. The fourth-order valence-electron chi connectivity index (χ4n) is 1.19. The monoisotopic (exact) mass is 226 g/mol. The number of anilines is 1. The van der Waals surface area contributed by atoms with Crippen LogP contribution in [0.4, 0.5) is 5.82 Å². The van der Waals surface area contributed by atoms with Crippen LogP contribution in [0.2, 0.25) is 0 Å². The van der Waals surface area contributed by atoms with Gasteiger partial charge in [-0.25, -0.2) is 4.98 Å². The molecule has 5 nitrogen and oxygen atoms in total. The molecule has 0 saturated carbocycles. The Labute approximate surface area is 95.1 Å². The second kappa shape index (κ2) is 6.30. The zero-order valence-corrected chi connectivity index (χ0v) is 9.55. The predicted molar refractivity (Wildman–Crippen MR) is 61.6 cm³/mol. The fraction of sp³-hybridized carbons (Fsp3) is 0.545. The van der Waals surface area contributed by atoms with Gasteiger partial charge in [-0.1, -0.05) is 0 Å². The number of hydrogen-bond acceptors (Lipinski definition) is 5. The molecule has 0 aliphatic carbocycles. The molecule has 0 aliphatic rings. The van der Waals surface area contributed by atoms with E-state index in [1.807, 2.05) is 13.8 Å². The van der Waals surface area contributed by atoms with Crippen LogP contribution in [0.15, 0.2) is 18.3 Å². The number of rotatable bonds is 6. The summed E-state index contributed by atoms with van der Waals surface area (Å²) in [4.78, 5) is 4.11. The van der Waals surface area contributed by atoms with Crippen molar-refractivity contribution in [1.82, 2.24) is 4.98 Å². The number of aromatic nitrogens is 1. The van der Waals surface area contributed by atoms with Crippen LogP contribution in [0.25, 0.3) is 0 Å². The zero-order chi connectivity index (χ0) is 12.0. The minimum absolute atomic E-state index is 0.0476. The van der Waals surface area contributed by atoms with Crippen molar-refractivity contribution in [3.63, 3.8) is 0 Å². The molecule has 1 heterocycles. The molecule has 1 aromatic heterocycles. The van der Waals surface area contributed by atoms with Crippen LogP contribution in [-0.4, -0.2) is 40.6 Å². The molecule has 0 aliphatic heterocycles. The van der Waals surface area contributed by atoms with Crippen LogP contribution in [0, 0.1) is 0 Å². The van der Waals surface area contributed by atoms with Crippen molar-refractivity contribution >= 4 is 5.82 Å². The first-order valence-corrected chi connectivity index (χ1v) is 5.27. The lowest BCUT2D eigenvalue weighted by Crippen LogP contribution is -2.28. The molecule has 0 radical (unpaired) electrons. The van der Waals surface area contributed by atoms with E-state index in [1.165, 1.54) is 0 Å². The van der Waals surface area contributed by atoms with E-state index in [-0.39, 0.29) is 19.3 Å². The van der Waals surface area contributed by atoms with Crippen molar-refractivity contribution in [1.29, 1.82) is 0 Å². The average Bonchev–Trinajstić information content (AvgIpc) is 2.27. The number of pyridine rings is 1. The first-order chi connectivity index (χ1) is 7.67. The molecule has 0 saturated heterocycles. The number of hydrogen-bond donors (Lipinski definition) is 3. The van der Waals surface area contributed by atoms with Crippen LogP contribution >= 0.6 is 0 Å². The predicted octanol–water partition coefficient (Wildman–Crippen LogP) is 0.634. The third-order valence-electron chi connectivity index (χ3n) is 1.91. The molecular formula is C11H18N2O3. The number of ether oxygens (including phenoxy) is 1. The highest BCUT2D eigenvalue weighted by molar-refractivity contribution is 5.50. The molecule has 1 aromatic rings. The molecule has 3 N–H and O–H groups in total. The van der Waals surface area contributed by atoms with E-state index in [4.69, 9.17) is 14.9 Å². The highest BCUT2D eigenvalue weighted by Crippen LogP contribution is 2.22. The van der Waals surface area contributed by atoms with Crippen molar-refractivity contribution < 1.29 is 14.9 Å². The van der Waals surface area contributed by atoms with Crippen molar-refractivity contribution in [2.75, 3.05) is 18.5 Å². The molecule has 16 heavy (non-hydrogen) atoms. The molecule has 0 fully saturated rings. The number of aliphatic hydroxyl groups is 2. The van der Waals surface area contributed by atoms with Gasteiger partial charge in [-0.05, 0) is 26.0 Å². The quantitative estimate of drug-likeness (QED) is 0.663. The van der Waals surface area contributed by atoms with Gasteiger partial charge in [-0.2, -0.15) is 0 Å². The fourth-order valence-corrected chi connectivity index (χ4v) is 1.19. The van der Waals surface area contributed by atoms with Crippen LogP contribution in [-0.2, 0) is 0 Å². The Morgan fingerprint density at radius 1 is 1.38 bits per heavy atom. The lowest BCUT2D eigenvalue weighted by molar-refractivity contribution is 0.202. The molecular weight excluding hydrogens is 208 g/mol. The number of nitrogens with zero attached hydrogens (tertiary/aromatic N) is 1. The third-order valence-corrected chi connectivity index (χ3v) is 1.91. The van der Waals surface area contributed by atoms with Gasteiger partial charge in [0.25, 0.3) is 0 Å². The second-order valence-electron chi connectivity index (χ2n) is 3.72. The molecule has 0 spiro atoms. The summed E-state index contributed by atoms with van der Waals surface area (Å²) in [5, 5.41) is 20.9. The van der Waals surface area contributed by atoms with Gasteiger partial charge in [0.05, 0.1) is 25.4 Å². The summed E-state index contributed by atoms with van der Waals surface area (Å²) >= 11 is 0. The number of nitrogens with one attached hydrogen (secondary N) is 1. The molecule has 0 aromatic carbocycles. The van der Waals surface area contributed by atoms with Crippen molar-refractivity contribution in [2.24, 2.45) is 0 Å². The van der Waals surface area contributed by atoms with Crippen molar-refractivity contribution in [2.45, 2.75) is 26.0 Å². The third kappa shape index (κ3) is 3.67. The Bertz CT molecular complexity index is 314. The first kappa shape index (κ1) is 12.7. The summed E-state index contributed by atoms with van der Waals surface area (Å²) in [7, 11) is 0. The first-order valence-electron chi connectivity index (χ1n) is 5.27. The van der Waals surface area contributed by atoms with E-state index in [1.54, 1.807) is 18.3 Å². The molecule has 0 amide bonds. The summed E-state index contributed by atoms with van der Waals surface area (Å²) in [5.74, 6) is 1.15. The SMILES string of the molecule is CC(C)Oc1cccnc1NC(CO)CO. The van der Waals surface area contributed by atoms with Gasteiger partial charge in [0.2, 0.25) is 0 Å². The lowest BCUT2D eigenvalue weighted by Gasteiger charge is -2.18. The standard InChI is InChI=1S/C11H18N2O3/c1-8(2)16-10-4-3-5-12-11(10)13-9(6-14)7-15/h3-5,8-9,14-15H,6-7H2,1-2H3,(H,12,13). The smallest absolute Gasteiger partial charge is 0.169 e. The minimum Gasteiger partial charge on any atom is -0.487 e. The summed E-state index contributed by atoms with van der Waals surface area (Å²) in [6.07, 6.45) is 1.67. The summed E-state index contributed by atoms with van der Waals surface area (Å²) < 4.78 is 5.55. The van der Waals surface area contributed by atoms with Gasteiger partial charge in [0.1, 0.15) is 0 Å². The molecule has 90 valence electrons. The highest BCUT2D eigenvalue weighted by atomic mass is 16.5. The summed E-state index contributed by atoms with van der Waals surface area (Å²) in [5.41, 5.74) is 0. The Balaban J connectivity index is 2.77. The average molecular weight is 226 g/mol.